The molecule has 108 valence electrons. The van der Waals surface area contributed by atoms with Crippen LogP contribution in [0.25, 0.3) is 0 Å². The van der Waals surface area contributed by atoms with Crippen LogP contribution in [0.5, 0.6) is 5.75 Å². The molecule has 0 atom stereocenters. The Morgan fingerprint density at radius 3 is 2.62 bits per heavy atom. The fraction of sp³-hybridized carbons (Fsp3) is 0.0714. The molecule has 0 amide bonds. The number of carboxylic acids is 1. The summed E-state index contributed by atoms with van der Waals surface area (Å²) in [6.45, 7) is 0.137. The molecule has 2 rings (SSSR count). The third-order valence-corrected chi connectivity index (χ3v) is 3.72. The molecule has 0 bridgehead atoms. The van der Waals surface area contributed by atoms with E-state index in [4.69, 9.17) is 5.11 Å². The molecule has 0 aliphatic rings. The third-order valence-electron chi connectivity index (χ3n) is 2.66. The molecule has 21 heavy (non-hydrogen) atoms. The second-order valence-electron chi connectivity index (χ2n) is 4.12. The van der Waals surface area contributed by atoms with Gasteiger partial charge in [0.15, 0.2) is 0 Å². The van der Waals surface area contributed by atoms with Crippen molar-refractivity contribution in [3.8, 4) is 5.75 Å². The summed E-state index contributed by atoms with van der Waals surface area (Å²) in [6.07, 6.45) is 0. The van der Waals surface area contributed by atoms with Gasteiger partial charge in [0.1, 0.15) is 5.75 Å². The maximum Gasteiger partial charge on any atom is 0.337 e. The Morgan fingerprint density at radius 2 is 1.90 bits per heavy atom. The number of carbonyl (C=O) groups is 1. The summed E-state index contributed by atoms with van der Waals surface area (Å²) in [5.41, 5.74) is 0.937. The SMILES string of the molecule is O=C(O)c1ccccc1N=NCc1cc(Br)cc(Br)c1O. The molecule has 5 nitrogen and oxygen atoms in total. The number of nitrogens with zero attached hydrogens (tertiary/aromatic N) is 2. The maximum atomic E-state index is 11.0. The van der Waals surface area contributed by atoms with Crippen molar-refractivity contribution in [1.29, 1.82) is 0 Å². The molecule has 7 heteroatoms. The first-order valence-electron chi connectivity index (χ1n) is 5.85. The second-order valence-corrected chi connectivity index (χ2v) is 5.89. The minimum atomic E-state index is -1.06. The first-order chi connectivity index (χ1) is 9.99. The molecule has 2 aromatic rings. The number of aromatic hydroxyl groups is 1. The molecule has 0 aliphatic heterocycles. The van der Waals surface area contributed by atoms with Crippen LogP contribution in [0.3, 0.4) is 0 Å². The molecule has 2 aromatic carbocycles. The molecule has 0 radical (unpaired) electrons. The fourth-order valence-electron chi connectivity index (χ4n) is 1.67. The number of benzene rings is 2. The molecule has 0 heterocycles. The summed E-state index contributed by atoms with van der Waals surface area (Å²) in [4.78, 5) is 11.0. The van der Waals surface area contributed by atoms with Gasteiger partial charge in [0, 0.05) is 10.0 Å². The smallest absolute Gasteiger partial charge is 0.337 e. The lowest BCUT2D eigenvalue weighted by molar-refractivity contribution is 0.0697. The number of azo groups is 1. The van der Waals surface area contributed by atoms with E-state index in [2.05, 4.69) is 42.1 Å². The van der Waals surface area contributed by atoms with Crippen molar-refractivity contribution < 1.29 is 15.0 Å². The van der Waals surface area contributed by atoms with Gasteiger partial charge in [-0.2, -0.15) is 10.2 Å². The largest absolute Gasteiger partial charge is 0.506 e. The Hall–Kier alpha value is -1.73. The number of carboxylic acid groups (broad SMARTS) is 1. The quantitative estimate of drug-likeness (QED) is 0.699. The van der Waals surface area contributed by atoms with E-state index in [0.717, 1.165) is 4.47 Å². The summed E-state index contributed by atoms with van der Waals surface area (Å²) < 4.78 is 1.34. The predicted octanol–water partition coefficient (Wildman–Crippen LogP) is 4.90. The first-order valence-corrected chi connectivity index (χ1v) is 7.44. The molecule has 2 N–H and O–H groups in total. The van der Waals surface area contributed by atoms with Crippen molar-refractivity contribution in [3.63, 3.8) is 0 Å². The third kappa shape index (κ3) is 3.89. The van der Waals surface area contributed by atoms with E-state index in [1.807, 2.05) is 0 Å². The lowest BCUT2D eigenvalue weighted by Crippen LogP contribution is -1.95. The summed E-state index contributed by atoms with van der Waals surface area (Å²) in [7, 11) is 0. The second kappa shape index (κ2) is 6.82. The Balaban J connectivity index is 2.23. The number of aromatic carboxylic acids is 1. The first kappa shape index (κ1) is 15.7. The average Bonchev–Trinajstić information content (AvgIpc) is 2.44. The standard InChI is InChI=1S/C14H10Br2N2O3/c15-9-5-8(13(19)11(16)6-9)7-17-18-12-4-2-1-3-10(12)14(20)21/h1-6,19H,7H2,(H,20,21). The van der Waals surface area contributed by atoms with E-state index in [0.29, 0.717) is 10.0 Å². The molecule has 0 saturated carbocycles. The summed E-state index contributed by atoms with van der Waals surface area (Å²) in [6, 6.07) is 9.79. The molecule has 0 unspecified atom stereocenters. The van der Waals surface area contributed by atoms with Crippen LogP contribution in [-0.4, -0.2) is 16.2 Å². The number of phenolic OH excluding ortho intramolecular Hbond substituents is 1. The summed E-state index contributed by atoms with van der Waals surface area (Å²) in [5.74, 6) is -0.971. The maximum absolute atomic E-state index is 11.0. The van der Waals surface area contributed by atoms with Gasteiger partial charge in [0.25, 0.3) is 0 Å². The van der Waals surface area contributed by atoms with Crippen molar-refractivity contribution in [2.24, 2.45) is 10.2 Å². The van der Waals surface area contributed by atoms with Crippen molar-refractivity contribution >= 4 is 43.5 Å². The van der Waals surface area contributed by atoms with E-state index >= 15 is 0 Å². The average molecular weight is 414 g/mol. The predicted molar refractivity (Wildman–Crippen MR) is 85.1 cm³/mol. The van der Waals surface area contributed by atoms with Crippen LogP contribution >= 0.6 is 31.9 Å². The van der Waals surface area contributed by atoms with Crippen molar-refractivity contribution in [1.82, 2.24) is 0 Å². The number of hydrogen-bond donors (Lipinski definition) is 2. The van der Waals surface area contributed by atoms with Crippen molar-refractivity contribution in [3.05, 3.63) is 56.5 Å². The monoisotopic (exact) mass is 412 g/mol. The van der Waals surface area contributed by atoms with Gasteiger partial charge >= 0.3 is 5.97 Å². The number of halogens is 2. The Kier molecular flexibility index (Phi) is 5.08. The van der Waals surface area contributed by atoms with E-state index in [1.54, 1.807) is 30.3 Å². The molecule has 0 fully saturated rings. The van der Waals surface area contributed by atoms with E-state index in [-0.39, 0.29) is 23.5 Å². The van der Waals surface area contributed by atoms with Crippen LogP contribution in [0, 0.1) is 0 Å². The Bertz CT molecular complexity index is 717. The highest BCUT2D eigenvalue weighted by Crippen LogP contribution is 2.32. The highest BCUT2D eigenvalue weighted by molar-refractivity contribution is 9.11. The number of rotatable bonds is 4. The summed E-state index contributed by atoms with van der Waals surface area (Å²) >= 11 is 6.56. The zero-order valence-electron chi connectivity index (χ0n) is 10.6. The minimum absolute atomic E-state index is 0.0842. The summed E-state index contributed by atoms with van der Waals surface area (Å²) in [5, 5.41) is 26.8. The van der Waals surface area contributed by atoms with Gasteiger partial charge in [-0.25, -0.2) is 4.79 Å². The topological polar surface area (TPSA) is 82.2 Å². The van der Waals surface area contributed by atoms with Crippen LogP contribution in [-0.2, 0) is 6.54 Å². The van der Waals surface area contributed by atoms with E-state index < -0.39 is 5.97 Å². The van der Waals surface area contributed by atoms with Crippen LogP contribution in [0.1, 0.15) is 15.9 Å². The molecule has 0 spiro atoms. The normalized spacial score (nSPS) is 11.0. The number of phenols is 1. The minimum Gasteiger partial charge on any atom is -0.506 e. The van der Waals surface area contributed by atoms with Crippen molar-refractivity contribution in [2.75, 3.05) is 0 Å². The zero-order valence-corrected chi connectivity index (χ0v) is 13.8. The van der Waals surface area contributed by atoms with E-state index in [1.165, 1.54) is 6.07 Å². The number of hydrogen-bond acceptors (Lipinski definition) is 4. The van der Waals surface area contributed by atoms with E-state index in [9.17, 15) is 9.90 Å². The molecule has 0 aromatic heterocycles. The van der Waals surface area contributed by atoms with Crippen molar-refractivity contribution in [2.45, 2.75) is 6.54 Å². The Labute approximate surface area is 137 Å². The van der Waals surface area contributed by atoms with Gasteiger partial charge in [0.2, 0.25) is 0 Å². The highest BCUT2D eigenvalue weighted by Gasteiger charge is 2.09. The lowest BCUT2D eigenvalue weighted by atomic mass is 10.2. The van der Waals surface area contributed by atoms with Gasteiger partial charge in [-0.1, -0.05) is 28.1 Å². The molecule has 0 saturated heterocycles. The van der Waals surface area contributed by atoms with Crippen LogP contribution in [0.2, 0.25) is 0 Å². The van der Waals surface area contributed by atoms with Gasteiger partial charge in [-0.05, 0) is 40.2 Å². The van der Waals surface area contributed by atoms with Crippen LogP contribution in [0.4, 0.5) is 5.69 Å². The van der Waals surface area contributed by atoms with Crippen LogP contribution in [0.15, 0.2) is 55.6 Å². The molecular formula is C14H10Br2N2O3. The molecule has 0 aliphatic carbocycles. The highest BCUT2D eigenvalue weighted by atomic mass is 79.9. The molecular weight excluding hydrogens is 404 g/mol. The van der Waals surface area contributed by atoms with Gasteiger partial charge in [0.05, 0.1) is 22.3 Å². The van der Waals surface area contributed by atoms with Crippen LogP contribution < -0.4 is 0 Å². The zero-order chi connectivity index (χ0) is 15.4. The lowest BCUT2D eigenvalue weighted by Gasteiger charge is -2.04. The van der Waals surface area contributed by atoms with Gasteiger partial charge < -0.3 is 10.2 Å². The Morgan fingerprint density at radius 1 is 1.19 bits per heavy atom. The fourth-order valence-corrected chi connectivity index (χ4v) is 2.98. The van der Waals surface area contributed by atoms with Gasteiger partial charge in [-0.15, -0.1) is 0 Å². The van der Waals surface area contributed by atoms with Gasteiger partial charge in [-0.3, -0.25) is 0 Å².